The summed E-state index contributed by atoms with van der Waals surface area (Å²) in [4.78, 5) is 11.9. The highest BCUT2D eigenvalue weighted by atomic mass is 127. The number of nitrogens with one attached hydrogen (secondary N) is 1. The number of rotatable bonds is 4. The van der Waals surface area contributed by atoms with E-state index >= 15 is 0 Å². The number of halogens is 3. The second kappa shape index (κ2) is 6.81. The van der Waals surface area contributed by atoms with E-state index in [0.717, 1.165) is 14.5 Å². The Kier molecular flexibility index (Phi) is 6.07. The fourth-order valence-electron chi connectivity index (χ4n) is 1.21. The van der Waals surface area contributed by atoms with Gasteiger partial charge in [-0.15, -0.1) is 11.6 Å². The number of carbonyl (C=O) groups is 1. The van der Waals surface area contributed by atoms with Crippen LogP contribution in [-0.4, -0.2) is 17.8 Å². The maximum absolute atomic E-state index is 11.9. The summed E-state index contributed by atoms with van der Waals surface area (Å²) in [5, 5.41) is 2.91. The van der Waals surface area contributed by atoms with Gasteiger partial charge < -0.3 is 5.32 Å². The summed E-state index contributed by atoms with van der Waals surface area (Å²) < 4.78 is 1.85. The van der Waals surface area contributed by atoms with Crippen molar-refractivity contribution in [3.63, 3.8) is 0 Å². The van der Waals surface area contributed by atoms with Crippen LogP contribution >= 0.6 is 50.1 Å². The molecule has 0 aliphatic rings. The quantitative estimate of drug-likeness (QED) is 0.587. The van der Waals surface area contributed by atoms with E-state index in [1.165, 1.54) is 0 Å². The van der Waals surface area contributed by atoms with Crippen LogP contribution in [0.1, 0.15) is 23.7 Å². The molecule has 0 spiro atoms. The molecule has 1 unspecified atom stereocenters. The third-order valence-corrected chi connectivity index (χ3v) is 3.67. The minimum atomic E-state index is -0.0667. The largest absolute Gasteiger partial charge is 0.350 e. The van der Waals surface area contributed by atoms with Gasteiger partial charge in [-0.25, -0.2) is 0 Å². The van der Waals surface area contributed by atoms with Crippen molar-refractivity contribution in [3.05, 3.63) is 31.8 Å². The first-order chi connectivity index (χ1) is 7.54. The highest BCUT2D eigenvalue weighted by molar-refractivity contribution is 14.1. The lowest BCUT2D eigenvalue weighted by Gasteiger charge is -2.13. The normalized spacial score (nSPS) is 12.2. The van der Waals surface area contributed by atoms with Gasteiger partial charge in [0, 0.05) is 20.0 Å². The van der Waals surface area contributed by atoms with E-state index in [1.807, 2.05) is 25.1 Å². The van der Waals surface area contributed by atoms with Gasteiger partial charge in [0.15, 0.2) is 0 Å². The molecule has 0 saturated carbocycles. The standard InChI is InChI=1S/C11H12BrClINO/c1-7(4-5-13)15-11(16)9-6-8(14)2-3-10(9)12/h2-3,6-7H,4-5H2,1H3,(H,15,16). The van der Waals surface area contributed by atoms with Gasteiger partial charge in [0.1, 0.15) is 0 Å². The Hall–Kier alpha value is 0.190. The van der Waals surface area contributed by atoms with Crippen molar-refractivity contribution < 1.29 is 4.79 Å². The molecule has 0 bridgehead atoms. The summed E-state index contributed by atoms with van der Waals surface area (Å²) in [6, 6.07) is 5.77. The summed E-state index contributed by atoms with van der Waals surface area (Å²) in [6.07, 6.45) is 0.773. The van der Waals surface area contributed by atoms with Crippen LogP contribution in [0, 0.1) is 3.57 Å². The van der Waals surface area contributed by atoms with Crippen molar-refractivity contribution in [2.45, 2.75) is 19.4 Å². The number of alkyl halides is 1. The predicted molar refractivity (Wildman–Crippen MR) is 79.1 cm³/mol. The molecule has 88 valence electrons. The lowest BCUT2D eigenvalue weighted by atomic mass is 10.2. The van der Waals surface area contributed by atoms with E-state index < -0.39 is 0 Å². The third-order valence-electron chi connectivity index (χ3n) is 2.09. The molecule has 0 aromatic heterocycles. The minimum Gasteiger partial charge on any atom is -0.350 e. The van der Waals surface area contributed by atoms with Crippen molar-refractivity contribution in [3.8, 4) is 0 Å². The molecule has 0 radical (unpaired) electrons. The fourth-order valence-corrected chi connectivity index (χ4v) is 2.45. The molecule has 0 saturated heterocycles. The topological polar surface area (TPSA) is 29.1 Å². The van der Waals surface area contributed by atoms with Gasteiger partial charge in [0.05, 0.1) is 5.56 Å². The number of carbonyl (C=O) groups excluding carboxylic acids is 1. The van der Waals surface area contributed by atoms with Gasteiger partial charge in [-0.1, -0.05) is 0 Å². The van der Waals surface area contributed by atoms with Crippen molar-refractivity contribution in [2.24, 2.45) is 0 Å². The summed E-state index contributed by atoms with van der Waals surface area (Å²) in [7, 11) is 0. The van der Waals surface area contributed by atoms with Crippen LogP contribution in [0.2, 0.25) is 0 Å². The zero-order valence-corrected chi connectivity index (χ0v) is 13.3. The van der Waals surface area contributed by atoms with Gasteiger partial charge in [0.2, 0.25) is 0 Å². The van der Waals surface area contributed by atoms with Crippen LogP contribution in [0.5, 0.6) is 0 Å². The first kappa shape index (κ1) is 14.3. The number of hydrogen-bond acceptors (Lipinski definition) is 1. The Morgan fingerprint density at radius 1 is 1.62 bits per heavy atom. The third kappa shape index (κ3) is 4.22. The van der Waals surface area contributed by atoms with E-state index in [-0.39, 0.29) is 11.9 Å². The van der Waals surface area contributed by atoms with Crippen LogP contribution in [0.15, 0.2) is 22.7 Å². The van der Waals surface area contributed by atoms with Gasteiger partial charge in [-0.3, -0.25) is 4.79 Å². The molecule has 1 N–H and O–H groups in total. The molecule has 0 heterocycles. The number of benzene rings is 1. The average Bonchev–Trinajstić information content (AvgIpc) is 2.21. The highest BCUT2D eigenvalue weighted by Gasteiger charge is 2.12. The maximum Gasteiger partial charge on any atom is 0.252 e. The smallest absolute Gasteiger partial charge is 0.252 e. The molecular weight excluding hydrogens is 404 g/mol. The van der Waals surface area contributed by atoms with Crippen molar-refractivity contribution in [1.82, 2.24) is 5.32 Å². The van der Waals surface area contributed by atoms with Crippen LogP contribution < -0.4 is 5.32 Å². The zero-order valence-electron chi connectivity index (χ0n) is 8.77. The summed E-state index contributed by atoms with van der Waals surface area (Å²) in [6.45, 7) is 1.95. The Bertz CT molecular complexity index is 386. The van der Waals surface area contributed by atoms with Crippen molar-refractivity contribution in [2.75, 3.05) is 5.88 Å². The molecule has 1 atom stereocenters. The average molecular weight is 416 g/mol. The summed E-state index contributed by atoms with van der Waals surface area (Å²) >= 11 is 11.2. The van der Waals surface area contributed by atoms with Gasteiger partial charge in [0.25, 0.3) is 5.91 Å². The van der Waals surface area contributed by atoms with E-state index in [1.54, 1.807) is 0 Å². The predicted octanol–water partition coefficient (Wildman–Crippen LogP) is 3.80. The fraction of sp³-hybridized carbons (Fsp3) is 0.364. The van der Waals surface area contributed by atoms with E-state index in [4.69, 9.17) is 11.6 Å². The Morgan fingerprint density at radius 3 is 2.94 bits per heavy atom. The van der Waals surface area contributed by atoms with Gasteiger partial charge >= 0.3 is 0 Å². The number of amides is 1. The molecule has 1 amide bonds. The molecule has 5 heteroatoms. The monoisotopic (exact) mass is 415 g/mol. The maximum atomic E-state index is 11.9. The molecule has 1 rings (SSSR count). The van der Waals surface area contributed by atoms with Gasteiger partial charge in [-0.05, 0) is 70.1 Å². The summed E-state index contributed by atoms with van der Waals surface area (Å²) in [5.74, 6) is 0.484. The molecule has 1 aromatic rings. The van der Waals surface area contributed by atoms with Crippen LogP contribution in [0.3, 0.4) is 0 Å². The molecule has 0 aliphatic carbocycles. The zero-order chi connectivity index (χ0) is 12.1. The van der Waals surface area contributed by atoms with Crippen molar-refractivity contribution >= 4 is 56.0 Å². The summed E-state index contributed by atoms with van der Waals surface area (Å²) in [5.41, 5.74) is 0.660. The van der Waals surface area contributed by atoms with E-state index in [0.29, 0.717) is 11.4 Å². The highest BCUT2D eigenvalue weighted by Crippen LogP contribution is 2.19. The minimum absolute atomic E-state index is 0.0667. The SMILES string of the molecule is CC(CCCl)NC(=O)c1cc(I)ccc1Br. The second-order valence-electron chi connectivity index (χ2n) is 3.48. The van der Waals surface area contributed by atoms with Crippen LogP contribution in [-0.2, 0) is 0 Å². The molecular formula is C11H12BrClINO. The lowest BCUT2D eigenvalue weighted by molar-refractivity contribution is 0.0938. The van der Waals surface area contributed by atoms with E-state index in [9.17, 15) is 4.79 Å². The molecule has 16 heavy (non-hydrogen) atoms. The van der Waals surface area contributed by atoms with Crippen molar-refractivity contribution in [1.29, 1.82) is 0 Å². The Labute approximate surface area is 122 Å². The first-order valence-electron chi connectivity index (χ1n) is 4.86. The van der Waals surface area contributed by atoms with E-state index in [2.05, 4.69) is 43.8 Å². The Balaban J connectivity index is 2.76. The molecule has 1 aromatic carbocycles. The first-order valence-corrected chi connectivity index (χ1v) is 7.27. The second-order valence-corrected chi connectivity index (χ2v) is 5.95. The van der Waals surface area contributed by atoms with Crippen LogP contribution in [0.25, 0.3) is 0 Å². The van der Waals surface area contributed by atoms with Gasteiger partial charge in [-0.2, -0.15) is 0 Å². The number of hydrogen-bond donors (Lipinski definition) is 1. The van der Waals surface area contributed by atoms with Crippen LogP contribution in [0.4, 0.5) is 0 Å². The lowest BCUT2D eigenvalue weighted by Crippen LogP contribution is -2.33. The molecule has 0 fully saturated rings. The molecule has 0 aliphatic heterocycles. The Morgan fingerprint density at radius 2 is 2.31 bits per heavy atom. The molecule has 2 nitrogen and oxygen atoms in total.